The van der Waals surface area contributed by atoms with Gasteiger partial charge < -0.3 is 10.0 Å². The number of hydrogen-bond donors (Lipinski definition) is 1. The van der Waals surface area contributed by atoms with Crippen molar-refractivity contribution in [2.75, 3.05) is 6.54 Å². The van der Waals surface area contributed by atoms with Crippen LogP contribution in [0, 0.1) is 5.92 Å². The maximum atomic E-state index is 11.0. The van der Waals surface area contributed by atoms with Crippen molar-refractivity contribution in [3.05, 3.63) is 24.4 Å². The van der Waals surface area contributed by atoms with Crippen LogP contribution in [0.1, 0.15) is 19.3 Å². The molecule has 1 saturated heterocycles. The van der Waals surface area contributed by atoms with Gasteiger partial charge in [-0.1, -0.05) is 12.2 Å². The fourth-order valence-electron chi connectivity index (χ4n) is 2.28. The molecule has 0 radical (unpaired) electrons. The highest BCUT2D eigenvalue weighted by Crippen LogP contribution is 2.35. The van der Waals surface area contributed by atoms with Crippen LogP contribution in [0.2, 0.25) is 0 Å². The van der Waals surface area contributed by atoms with E-state index >= 15 is 0 Å². The Morgan fingerprint density at radius 3 is 3.00 bits per heavy atom. The summed E-state index contributed by atoms with van der Waals surface area (Å²) in [6, 6.07) is 0.594. The predicted octanol–water partition coefficient (Wildman–Crippen LogP) is 1.63. The van der Waals surface area contributed by atoms with Gasteiger partial charge in [0.15, 0.2) is 0 Å². The van der Waals surface area contributed by atoms with E-state index in [0.29, 0.717) is 6.04 Å². The van der Waals surface area contributed by atoms with E-state index in [1.165, 1.54) is 18.9 Å². The molecule has 0 aliphatic carbocycles. The number of carboxylic acid groups (broad SMARTS) is 1. The maximum Gasteiger partial charge on any atom is 0.316 e. The number of carboxylic acids is 1. The number of rotatable bonds is 3. The first-order chi connectivity index (χ1) is 6.74. The second-order valence-electron chi connectivity index (χ2n) is 3.89. The molecular weight excluding hydrogens is 178 g/mol. The second kappa shape index (κ2) is 3.48. The molecule has 3 heteroatoms. The average Bonchev–Trinajstić information content (AvgIpc) is 2.08. The molecule has 3 nitrogen and oxygen atoms in total. The fraction of sp³-hybridized carbons (Fsp3) is 0.545. The van der Waals surface area contributed by atoms with Gasteiger partial charge in [-0.05, 0) is 19.3 Å². The van der Waals surface area contributed by atoms with Crippen LogP contribution in [0.5, 0.6) is 0 Å². The number of hydrogen-bond acceptors (Lipinski definition) is 2. The minimum Gasteiger partial charge on any atom is -0.481 e. The van der Waals surface area contributed by atoms with Crippen LogP contribution in [-0.2, 0) is 4.79 Å². The number of fused-ring (bicyclic) bond motifs is 1. The van der Waals surface area contributed by atoms with E-state index in [1.54, 1.807) is 0 Å². The molecule has 2 unspecified atom stereocenters. The molecule has 0 amide bonds. The Morgan fingerprint density at radius 2 is 2.50 bits per heavy atom. The van der Waals surface area contributed by atoms with Crippen LogP contribution < -0.4 is 0 Å². The zero-order valence-corrected chi connectivity index (χ0v) is 8.15. The Kier molecular flexibility index (Phi) is 2.32. The van der Waals surface area contributed by atoms with Crippen LogP contribution in [0.3, 0.4) is 0 Å². The quantitative estimate of drug-likeness (QED) is 0.692. The molecule has 0 saturated carbocycles. The summed E-state index contributed by atoms with van der Waals surface area (Å²) in [4.78, 5) is 13.2. The van der Waals surface area contributed by atoms with Gasteiger partial charge in [0, 0.05) is 18.3 Å². The third-order valence-corrected chi connectivity index (χ3v) is 3.15. The Bertz CT molecular complexity index is 296. The molecule has 0 aromatic carbocycles. The Morgan fingerprint density at radius 1 is 1.71 bits per heavy atom. The highest BCUT2D eigenvalue weighted by Gasteiger charge is 2.35. The van der Waals surface area contributed by atoms with Crippen LogP contribution in [0.25, 0.3) is 0 Å². The number of carbonyl (C=O) groups is 1. The van der Waals surface area contributed by atoms with Crippen molar-refractivity contribution in [3.8, 4) is 0 Å². The lowest BCUT2D eigenvalue weighted by Crippen LogP contribution is -2.50. The standard InChI is InChI=1S/C11H15NO2/c1-2-9(11(13)14)10-5-3-4-8-6-7-12(8)10/h2,5,8-9H,1,3-4,6-7H2,(H,13,14). The van der Waals surface area contributed by atoms with Gasteiger partial charge in [-0.3, -0.25) is 4.79 Å². The summed E-state index contributed by atoms with van der Waals surface area (Å²) < 4.78 is 0. The molecule has 2 heterocycles. The molecule has 76 valence electrons. The number of nitrogens with zero attached hydrogens (tertiary/aromatic N) is 1. The third-order valence-electron chi connectivity index (χ3n) is 3.15. The molecule has 0 spiro atoms. The Balaban J connectivity index is 2.19. The van der Waals surface area contributed by atoms with Crippen molar-refractivity contribution in [1.82, 2.24) is 4.90 Å². The van der Waals surface area contributed by atoms with E-state index in [9.17, 15) is 4.79 Å². The van der Waals surface area contributed by atoms with Gasteiger partial charge >= 0.3 is 5.97 Å². The molecule has 14 heavy (non-hydrogen) atoms. The normalized spacial score (nSPS) is 27.0. The monoisotopic (exact) mass is 193 g/mol. The van der Waals surface area contributed by atoms with E-state index in [1.807, 2.05) is 0 Å². The summed E-state index contributed by atoms with van der Waals surface area (Å²) in [6.45, 7) is 4.60. The van der Waals surface area contributed by atoms with E-state index in [4.69, 9.17) is 5.11 Å². The maximum absolute atomic E-state index is 11.0. The molecule has 2 aliphatic rings. The minimum atomic E-state index is -0.793. The SMILES string of the molecule is C=CC(C(=O)O)C1=CCCC2CCN12. The zero-order valence-electron chi connectivity index (χ0n) is 8.15. The van der Waals surface area contributed by atoms with Crippen molar-refractivity contribution < 1.29 is 9.90 Å². The lowest BCUT2D eigenvalue weighted by molar-refractivity contribution is -0.139. The number of allylic oxidation sites excluding steroid dienone is 1. The lowest BCUT2D eigenvalue weighted by atomic mass is 9.88. The van der Waals surface area contributed by atoms with Crippen LogP contribution in [0.4, 0.5) is 0 Å². The highest BCUT2D eigenvalue weighted by molar-refractivity contribution is 5.75. The van der Waals surface area contributed by atoms with Crippen LogP contribution >= 0.6 is 0 Å². The van der Waals surface area contributed by atoms with Crippen molar-refractivity contribution in [2.24, 2.45) is 5.92 Å². The van der Waals surface area contributed by atoms with Gasteiger partial charge in [0.2, 0.25) is 0 Å². The molecule has 2 aliphatic heterocycles. The summed E-state index contributed by atoms with van der Waals surface area (Å²) in [7, 11) is 0. The zero-order chi connectivity index (χ0) is 10.1. The smallest absolute Gasteiger partial charge is 0.316 e. The molecule has 0 bridgehead atoms. The van der Waals surface area contributed by atoms with Crippen molar-refractivity contribution >= 4 is 5.97 Å². The average molecular weight is 193 g/mol. The van der Waals surface area contributed by atoms with Crippen LogP contribution in [0.15, 0.2) is 24.4 Å². The fourth-order valence-corrected chi connectivity index (χ4v) is 2.28. The number of aliphatic carboxylic acids is 1. The van der Waals surface area contributed by atoms with Gasteiger partial charge in [0.1, 0.15) is 5.92 Å². The molecular formula is C11H15NO2. The molecule has 2 rings (SSSR count). The summed E-state index contributed by atoms with van der Waals surface area (Å²) in [5.41, 5.74) is 0.954. The third kappa shape index (κ3) is 1.33. The predicted molar refractivity (Wildman–Crippen MR) is 53.8 cm³/mol. The Labute approximate surface area is 83.7 Å². The van der Waals surface area contributed by atoms with Gasteiger partial charge in [0.25, 0.3) is 0 Å². The molecule has 0 aromatic heterocycles. The lowest BCUT2D eigenvalue weighted by Gasteiger charge is -2.48. The van der Waals surface area contributed by atoms with E-state index < -0.39 is 11.9 Å². The molecule has 2 atom stereocenters. The molecule has 0 aromatic rings. The van der Waals surface area contributed by atoms with E-state index in [2.05, 4.69) is 17.6 Å². The first-order valence-electron chi connectivity index (χ1n) is 5.06. The molecule has 1 N–H and O–H groups in total. The summed E-state index contributed by atoms with van der Waals surface area (Å²) >= 11 is 0. The first kappa shape index (κ1) is 9.31. The molecule has 1 fully saturated rings. The first-order valence-corrected chi connectivity index (χ1v) is 5.06. The van der Waals surface area contributed by atoms with Crippen molar-refractivity contribution in [2.45, 2.75) is 25.3 Å². The van der Waals surface area contributed by atoms with Gasteiger partial charge in [-0.15, -0.1) is 6.58 Å². The minimum absolute atomic E-state index is 0.516. The van der Waals surface area contributed by atoms with Crippen molar-refractivity contribution in [3.63, 3.8) is 0 Å². The topological polar surface area (TPSA) is 40.5 Å². The Hall–Kier alpha value is -1.25. The van der Waals surface area contributed by atoms with E-state index in [0.717, 1.165) is 18.7 Å². The van der Waals surface area contributed by atoms with Gasteiger partial charge in [0.05, 0.1) is 0 Å². The summed E-state index contributed by atoms with van der Waals surface area (Å²) in [6.07, 6.45) is 6.97. The summed E-state index contributed by atoms with van der Waals surface area (Å²) in [5.74, 6) is -1.31. The second-order valence-corrected chi connectivity index (χ2v) is 3.89. The van der Waals surface area contributed by atoms with Gasteiger partial charge in [-0.2, -0.15) is 0 Å². The van der Waals surface area contributed by atoms with Crippen LogP contribution in [-0.4, -0.2) is 28.6 Å². The van der Waals surface area contributed by atoms with E-state index in [-0.39, 0.29) is 0 Å². The summed E-state index contributed by atoms with van der Waals surface area (Å²) in [5, 5.41) is 9.01. The van der Waals surface area contributed by atoms with Gasteiger partial charge in [-0.25, -0.2) is 0 Å². The van der Waals surface area contributed by atoms with Crippen molar-refractivity contribution in [1.29, 1.82) is 0 Å². The largest absolute Gasteiger partial charge is 0.481 e. The highest BCUT2D eigenvalue weighted by atomic mass is 16.4.